The van der Waals surface area contributed by atoms with Gasteiger partial charge in [-0.2, -0.15) is 0 Å². The molecular weight excluding hydrogens is 254 g/mol. The Morgan fingerprint density at radius 2 is 2.05 bits per heavy atom. The maximum Gasteiger partial charge on any atom is 0.242 e. The zero-order chi connectivity index (χ0) is 14.5. The van der Waals surface area contributed by atoms with Gasteiger partial charge >= 0.3 is 0 Å². The van der Waals surface area contributed by atoms with E-state index in [-0.39, 0.29) is 11.9 Å². The summed E-state index contributed by atoms with van der Waals surface area (Å²) in [6.07, 6.45) is 1.59. The monoisotopic (exact) mass is 273 g/mol. The Kier molecular flexibility index (Phi) is 4.30. The average Bonchev–Trinajstić information content (AvgIpc) is 2.97. The number of benzene rings is 1. The van der Waals surface area contributed by atoms with Crippen LogP contribution in [-0.4, -0.2) is 19.0 Å². The molecule has 1 aromatic carbocycles. The number of hydrogen-bond acceptors (Lipinski definition) is 4. The van der Waals surface area contributed by atoms with Gasteiger partial charge in [0.05, 0.1) is 12.8 Å². The SMILES string of the molecule is CC(C(=O)NCc1ccco1)N(C)c1ccc(N)cc1. The highest BCUT2D eigenvalue weighted by atomic mass is 16.3. The number of amides is 1. The third kappa shape index (κ3) is 3.32. The lowest BCUT2D eigenvalue weighted by Crippen LogP contribution is -2.43. The smallest absolute Gasteiger partial charge is 0.242 e. The number of hydrogen-bond donors (Lipinski definition) is 2. The van der Waals surface area contributed by atoms with Crippen molar-refractivity contribution in [3.8, 4) is 0 Å². The van der Waals surface area contributed by atoms with Crippen LogP contribution < -0.4 is 16.0 Å². The summed E-state index contributed by atoms with van der Waals surface area (Å²) < 4.78 is 5.18. The zero-order valence-corrected chi connectivity index (χ0v) is 11.7. The number of nitrogens with one attached hydrogen (secondary N) is 1. The van der Waals surface area contributed by atoms with Crippen molar-refractivity contribution in [2.24, 2.45) is 0 Å². The van der Waals surface area contributed by atoms with E-state index in [2.05, 4.69) is 5.32 Å². The van der Waals surface area contributed by atoms with Crippen molar-refractivity contribution >= 4 is 17.3 Å². The molecule has 0 saturated heterocycles. The van der Waals surface area contributed by atoms with E-state index >= 15 is 0 Å². The lowest BCUT2D eigenvalue weighted by Gasteiger charge is -2.26. The summed E-state index contributed by atoms with van der Waals surface area (Å²) in [5, 5.41) is 2.85. The number of carbonyl (C=O) groups excluding carboxylic acids is 1. The van der Waals surface area contributed by atoms with Crippen molar-refractivity contribution in [2.75, 3.05) is 17.7 Å². The molecule has 1 unspecified atom stereocenters. The molecule has 0 aliphatic heterocycles. The minimum absolute atomic E-state index is 0.0549. The Labute approximate surface area is 118 Å². The van der Waals surface area contributed by atoms with E-state index in [9.17, 15) is 4.79 Å². The molecule has 0 aliphatic carbocycles. The highest BCUT2D eigenvalue weighted by Crippen LogP contribution is 2.17. The third-order valence-electron chi connectivity index (χ3n) is 3.28. The Morgan fingerprint density at radius 3 is 2.65 bits per heavy atom. The Morgan fingerprint density at radius 1 is 1.35 bits per heavy atom. The first-order valence-corrected chi connectivity index (χ1v) is 6.46. The van der Waals surface area contributed by atoms with E-state index in [4.69, 9.17) is 10.2 Å². The van der Waals surface area contributed by atoms with Gasteiger partial charge in [-0.15, -0.1) is 0 Å². The van der Waals surface area contributed by atoms with Crippen LogP contribution in [-0.2, 0) is 11.3 Å². The van der Waals surface area contributed by atoms with Gasteiger partial charge in [0.2, 0.25) is 5.91 Å². The van der Waals surface area contributed by atoms with E-state index in [0.29, 0.717) is 12.2 Å². The fourth-order valence-corrected chi connectivity index (χ4v) is 1.84. The van der Waals surface area contributed by atoms with Gasteiger partial charge in [-0.3, -0.25) is 4.79 Å². The number of carbonyl (C=O) groups is 1. The Balaban J connectivity index is 1.93. The van der Waals surface area contributed by atoms with Gasteiger partial charge in [-0.1, -0.05) is 0 Å². The minimum Gasteiger partial charge on any atom is -0.467 e. The number of nitrogens with zero attached hydrogens (tertiary/aromatic N) is 1. The lowest BCUT2D eigenvalue weighted by molar-refractivity contribution is -0.122. The molecule has 0 radical (unpaired) electrons. The summed E-state index contributed by atoms with van der Waals surface area (Å²) >= 11 is 0. The molecule has 0 saturated carbocycles. The van der Waals surface area contributed by atoms with Crippen molar-refractivity contribution in [2.45, 2.75) is 19.5 Å². The van der Waals surface area contributed by atoms with Crippen LogP contribution in [0.2, 0.25) is 0 Å². The van der Waals surface area contributed by atoms with Crippen molar-refractivity contribution in [3.05, 3.63) is 48.4 Å². The van der Waals surface area contributed by atoms with Crippen molar-refractivity contribution in [1.82, 2.24) is 5.32 Å². The molecule has 3 N–H and O–H groups in total. The van der Waals surface area contributed by atoms with E-state index < -0.39 is 0 Å². The Hall–Kier alpha value is -2.43. The van der Waals surface area contributed by atoms with Crippen molar-refractivity contribution in [1.29, 1.82) is 0 Å². The quantitative estimate of drug-likeness (QED) is 0.817. The van der Waals surface area contributed by atoms with Gasteiger partial charge in [0.15, 0.2) is 0 Å². The molecule has 0 fully saturated rings. The highest BCUT2D eigenvalue weighted by Gasteiger charge is 2.18. The number of likely N-dealkylation sites (N-methyl/N-ethyl adjacent to an activating group) is 1. The first kappa shape index (κ1) is 14.0. The fraction of sp³-hybridized carbons (Fsp3) is 0.267. The largest absolute Gasteiger partial charge is 0.467 e. The lowest BCUT2D eigenvalue weighted by atomic mass is 10.2. The van der Waals surface area contributed by atoms with Crippen LogP contribution in [0.4, 0.5) is 11.4 Å². The maximum absolute atomic E-state index is 12.1. The molecule has 0 bridgehead atoms. The van der Waals surface area contributed by atoms with Gasteiger partial charge in [0.25, 0.3) is 0 Å². The second-order valence-electron chi connectivity index (χ2n) is 4.68. The predicted molar refractivity (Wildman–Crippen MR) is 79.3 cm³/mol. The van der Waals surface area contributed by atoms with E-state index in [1.54, 1.807) is 12.3 Å². The summed E-state index contributed by atoms with van der Waals surface area (Å²) in [6.45, 7) is 2.25. The van der Waals surface area contributed by atoms with Gasteiger partial charge in [-0.25, -0.2) is 0 Å². The van der Waals surface area contributed by atoms with Crippen molar-refractivity contribution < 1.29 is 9.21 Å². The highest BCUT2D eigenvalue weighted by molar-refractivity contribution is 5.84. The molecule has 1 amide bonds. The molecule has 2 rings (SSSR count). The summed E-state index contributed by atoms with van der Waals surface area (Å²) in [5.41, 5.74) is 7.31. The number of anilines is 2. The molecule has 1 heterocycles. The molecule has 0 spiro atoms. The predicted octanol–water partition coefficient (Wildman–Crippen LogP) is 2.00. The Bertz CT molecular complexity index is 549. The molecule has 5 nitrogen and oxygen atoms in total. The van der Waals surface area contributed by atoms with Crippen LogP contribution in [0.25, 0.3) is 0 Å². The minimum atomic E-state index is -0.284. The third-order valence-corrected chi connectivity index (χ3v) is 3.28. The van der Waals surface area contributed by atoms with Crippen LogP contribution in [0.15, 0.2) is 47.1 Å². The second kappa shape index (κ2) is 6.14. The van der Waals surface area contributed by atoms with Crippen LogP contribution in [0.1, 0.15) is 12.7 Å². The molecule has 2 aromatic rings. The second-order valence-corrected chi connectivity index (χ2v) is 4.68. The van der Waals surface area contributed by atoms with E-state index in [1.165, 1.54) is 0 Å². The molecule has 20 heavy (non-hydrogen) atoms. The van der Waals surface area contributed by atoms with Gasteiger partial charge in [-0.05, 0) is 43.3 Å². The van der Waals surface area contributed by atoms with Crippen LogP contribution in [0.3, 0.4) is 0 Å². The number of rotatable bonds is 5. The maximum atomic E-state index is 12.1. The fourth-order valence-electron chi connectivity index (χ4n) is 1.84. The summed E-state index contributed by atoms with van der Waals surface area (Å²) in [7, 11) is 1.88. The number of furan rings is 1. The molecule has 1 aromatic heterocycles. The van der Waals surface area contributed by atoms with E-state index in [0.717, 1.165) is 11.4 Å². The molecule has 5 heteroatoms. The van der Waals surface area contributed by atoms with Crippen LogP contribution in [0.5, 0.6) is 0 Å². The average molecular weight is 273 g/mol. The number of nitrogen functional groups attached to an aromatic ring is 1. The van der Waals surface area contributed by atoms with Crippen LogP contribution >= 0.6 is 0 Å². The molecule has 0 aliphatic rings. The summed E-state index contributed by atoms with van der Waals surface area (Å²) in [6, 6.07) is 10.8. The first-order valence-electron chi connectivity index (χ1n) is 6.46. The van der Waals surface area contributed by atoms with Gasteiger partial charge in [0, 0.05) is 18.4 Å². The van der Waals surface area contributed by atoms with Gasteiger partial charge < -0.3 is 20.4 Å². The molecule has 106 valence electrons. The zero-order valence-electron chi connectivity index (χ0n) is 11.7. The van der Waals surface area contributed by atoms with Crippen LogP contribution in [0, 0.1) is 0 Å². The van der Waals surface area contributed by atoms with Crippen molar-refractivity contribution in [3.63, 3.8) is 0 Å². The number of nitrogens with two attached hydrogens (primary N) is 1. The topological polar surface area (TPSA) is 71.5 Å². The summed E-state index contributed by atoms with van der Waals surface area (Å²) in [4.78, 5) is 14.0. The summed E-state index contributed by atoms with van der Waals surface area (Å²) in [5.74, 6) is 0.682. The normalized spacial score (nSPS) is 11.9. The molecular formula is C15H19N3O2. The first-order chi connectivity index (χ1) is 9.58. The standard InChI is InChI=1S/C15H19N3O2/c1-11(15(19)17-10-14-4-3-9-20-14)18(2)13-7-5-12(16)6-8-13/h3-9,11H,10,16H2,1-2H3,(H,17,19). The molecule has 1 atom stereocenters. The van der Waals surface area contributed by atoms with Gasteiger partial charge in [0.1, 0.15) is 11.8 Å². The van der Waals surface area contributed by atoms with E-state index in [1.807, 2.05) is 49.2 Å².